The smallest absolute Gasteiger partial charge is 0.0621 e. The monoisotopic (exact) mass is 272 g/mol. The highest BCUT2D eigenvalue weighted by atomic mass is 16.5. The lowest BCUT2D eigenvalue weighted by atomic mass is 9.95. The van der Waals surface area contributed by atoms with Crippen LogP contribution in [0.5, 0.6) is 0 Å². The summed E-state index contributed by atoms with van der Waals surface area (Å²) in [6.07, 6.45) is 13.7. The predicted molar refractivity (Wildman–Crippen MR) is 83.7 cm³/mol. The van der Waals surface area contributed by atoms with E-state index in [1.165, 1.54) is 57.8 Å². The lowest BCUT2D eigenvalue weighted by Gasteiger charge is -2.24. The largest absolute Gasteiger partial charge is 0.384 e. The first kappa shape index (κ1) is 18.9. The summed E-state index contributed by atoms with van der Waals surface area (Å²) >= 11 is 0. The van der Waals surface area contributed by atoms with E-state index >= 15 is 0 Å². The molecule has 0 aromatic heterocycles. The molecule has 0 radical (unpaired) electrons. The van der Waals surface area contributed by atoms with Crippen molar-refractivity contribution in [2.24, 2.45) is 5.92 Å². The maximum absolute atomic E-state index is 5.64. The van der Waals surface area contributed by atoms with E-state index in [0.29, 0.717) is 12.0 Å². The number of ether oxygens (including phenoxy) is 2. The molecule has 0 aromatic rings. The number of hydrogen-bond acceptors (Lipinski definition) is 2. The lowest BCUT2D eigenvalue weighted by molar-refractivity contribution is 0.00658. The van der Waals surface area contributed by atoms with Gasteiger partial charge in [0, 0.05) is 20.1 Å². The third-order valence-corrected chi connectivity index (χ3v) is 4.08. The van der Waals surface area contributed by atoms with Crippen molar-refractivity contribution in [3.05, 3.63) is 0 Å². The Hall–Kier alpha value is -0.0800. The molecule has 116 valence electrons. The molecule has 2 nitrogen and oxygen atoms in total. The Balaban J connectivity index is 3.55. The van der Waals surface area contributed by atoms with Crippen LogP contribution in [0, 0.1) is 5.92 Å². The maximum atomic E-state index is 5.64. The van der Waals surface area contributed by atoms with Crippen LogP contribution >= 0.6 is 0 Å². The van der Waals surface area contributed by atoms with Gasteiger partial charge in [-0.15, -0.1) is 0 Å². The van der Waals surface area contributed by atoms with E-state index in [1.807, 2.05) is 7.11 Å². The van der Waals surface area contributed by atoms with E-state index in [2.05, 4.69) is 13.8 Å². The Morgan fingerprint density at radius 3 is 1.84 bits per heavy atom. The van der Waals surface area contributed by atoms with E-state index < -0.39 is 0 Å². The van der Waals surface area contributed by atoms with Gasteiger partial charge in [0.2, 0.25) is 0 Å². The average Bonchev–Trinajstić information content (AvgIpc) is 2.44. The molecule has 2 heteroatoms. The number of rotatable bonds is 14. The fraction of sp³-hybridized carbons (Fsp3) is 1.00. The van der Waals surface area contributed by atoms with Crippen LogP contribution in [0.3, 0.4) is 0 Å². The molecule has 2 unspecified atom stereocenters. The number of methoxy groups -OCH3 is 2. The highest BCUT2D eigenvalue weighted by molar-refractivity contribution is 4.69. The topological polar surface area (TPSA) is 18.5 Å². The standard InChI is InChI=1S/C17H36O2/c1-5-7-8-9-10-11-12-13-14-17(19-4)16(6-2)15-18-3/h16-17H,5-15H2,1-4H3. The van der Waals surface area contributed by atoms with Gasteiger partial charge in [0.15, 0.2) is 0 Å². The lowest BCUT2D eigenvalue weighted by Crippen LogP contribution is -2.26. The van der Waals surface area contributed by atoms with E-state index in [-0.39, 0.29) is 0 Å². The SMILES string of the molecule is CCCCCCCCCCC(OC)C(CC)COC. The van der Waals surface area contributed by atoms with Gasteiger partial charge in [0.1, 0.15) is 0 Å². The molecular formula is C17H36O2. The van der Waals surface area contributed by atoms with Crippen molar-refractivity contribution in [1.82, 2.24) is 0 Å². The molecule has 0 aliphatic rings. The molecule has 0 spiro atoms. The zero-order valence-electron chi connectivity index (χ0n) is 13.7. The van der Waals surface area contributed by atoms with E-state index in [0.717, 1.165) is 13.0 Å². The average molecular weight is 272 g/mol. The van der Waals surface area contributed by atoms with Crippen LogP contribution < -0.4 is 0 Å². The highest BCUT2D eigenvalue weighted by Crippen LogP contribution is 2.19. The van der Waals surface area contributed by atoms with Crippen molar-refractivity contribution in [2.75, 3.05) is 20.8 Å². The minimum absolute atomic E-state index is 0.380. The van der Waals surface area contributed by atoms with Crippen LogP contribution in [0.1, 0.15) is 78.1 Å². The minimum atomic E-state index is 0.380. The van der Waals surface area contributed by atoms with Gasteiger partial charge < -0.3 is 9.47 Å². The van der Waals surface area contributed by atoms with Gasteiger partial charge >= 0.3 is 0 Å². The predicted octanol–water partition coefficient (Wildman–Crippen LogP) is 5.20. The van der Waals surface area contributed by atoms with Gasteiger partial charge in [-0.3, -0.25) is 0 Å². The van der Waals surface area contributed by atoms with Crippen LogP contribution in [0.2, 0.25) is 0 Å². The molecule has 0 aliphatic heterocycles. The summed E-state index contributed by atoms with van der Waals surface area (Å²) in [5.74, 6) is 0.555. The fourth-order valence-electron chi connectivity index (χ4n) is 2.73. The zero-order valence-corrected chi connectivity index (χ0v) is 13.7. The van der Waals surface area contributed by atoms with Crippen LogP contribution in [0.4, 0.5) is 0 Å². The van der Waals surface area contributed by atoms with Gasteiger partial charge in [-0.1, -0.05) is 65.2 Å². The van der Waals surface area contributed by atoms with Crippen LogP contribution in [0.25, 0.3) is 0 Å². The summed E-state index contributed by atoms with van der Waals surface area (Å²) in [6.45, 7) is 5.32. The third-order valence-electron chi connectivity index (χ3n) is 4.08. The molecule has 0 N–H and O–H groups in total. The second kappa shape index (κ2) is 14.3. The van der Waals surface area contributed by atoms with Crippen molar-refractivity contribution in [3.8, 4) is 0 Å². The van der Waals surface area contributed by atoms with Gasteiger partial charge in [-0.05, 0) is 12.8 Å². The van der Waals surface area contributed by atoms with Gasteiger partial charge in [0.25, 0.3) is 0 Å². The Morgan fingerprint density at radius 2 is 1.37 bits per heavy atom. The molecule has 0 aliphatic carbocycles. The summed E-state index contributed by atoms with van der Waals surface area (Å²) in [4.78, 5) is 0. The van der Waals surface area contributed by atoms with E-state index in [1.54, 1.807) is 7.11 Å². The van der Waals surface area contributed by atoms with E-state index in [9.17, 15) is 0 Å². The normalized spacial score (nSPS) is 14.5. The van der Waals surface area contributed by atoms with Gasteiger partial charge in [-0.2, -0.15) is 0 Å². The Labute approximate surface area is 121 Å². The Morgan fingerprint density at radius 1 is 0.789 bits per heavy atom. The molecule has 19 heavy (non-hydrogen) atoms. The molecule has 0 heterocycles. The first-order valence-corrected chi connectivity index (χ1v) is 8.31. The highest BCUT2D eigenvalue weighted by Gasteiger charge is 2.18. The summed E-state index contributed by atoms with van der Waals surface area (Å²) in [7, 11) is 3.62. The number of unbranched alkanes of at least 4 members (excludes halogenated alkanes) is 7. The number of hydrogen-bond donors (Lipinski definition) is 0. The van der Waals surface area contributed by atoms with Crippen LogP contribution in [0.15, 0.2) is 0 Å². The molecule has 0 saturated heterocycles. The van der Waals surface area contributed by atoms with Crippen molar-refractivity contribution < 1.29 is 9.47 Å². The molecule has 0 bridgehead atoms. The first-order valence-electron chi connectivity index (χ1n) is 8.31. The second-order valence-corrected chi connectivity index (χ2v) is 5.66. The van der Waals surface area contributed by atoms with Gasteiger partial charge in [0.05, 0.1) is 12.7 Å². The zero-order chi connectivity index (χ0) is 14.3. The van der Waals surface area contributed by atoms with Crippen LogP contribution in [-0.4, -0.2) is 26.9 Å². The van der Waals surface area contributed by atoms with Crippen LogP contribution in [-0.2, 0) is 9.47 Å². The second-order valence-electron chi connectivity index (χ2n) is 5.66. The molecule has 0 saturated carbocycles. The van der Waals surface area contributed by atoms with Gasteiger partial charge in [-0.25, -0.2) is 0 Å². The quantitative estimate of drug-likeness (QED) is 0.404. The molecule has 2 atom stereocenters. The summed E-state index contributed by atoms with van der Waals surface area (Å²) in [6, 6.07) is 0. The summed E-state index contributed by atoms with van der Waals surface area (Å²) in [5.41, 5.74) is 0. The Bertz CT molecular complexity index is 171. The minimum Gasteiger partial charge on any atom is -0.384 e. The van der Waals surface area contributed by atoms with Crippen molar-refractivity contribution in [3.63, 3.8) is 0 Å². The third kappa shape index (κ3) is 10.4. The van der Waals surface area contributed by atoms with Crippen molar-refractivity contribution in [1.29, 1.82) is 0 Å². The molecule has 0 aromatic carbocycles. The molecule has 0 rings (SSSR count). The van der Waals surface area contributed by atoms with Crippen molar-refractivity contribution >= 4 is 0 Å². The first-order chi connectivity index (χ1) is 9.29. The summed E-state index contributed by atoms with van der Waals surface area (Å²) in [5, 5.41) is 0. The Kier molecular flexibility index (Phi) is 14.3. The maximum Gasteiger partial charge on any atom is 0.0621 e. The molecule has 0 fully saturated rings. The van der Waals surface area contributed by atoms with Crippen molar-refractivity contribution in [2.45, 2.75) is 84.2 Å². The fourth-order valence-corrected chi connectivity index (χ4v) is 2.73. The molecular weight excluding hydrogens is 236 g/mol. The van der Waals surface area contributed by atoms with E-state index in [4.69, 9.17) is 9.47 Å². The summed E-state index contributed by atoms with van der Waals surface area (Å²) < 4.78 is 10.9. The molecule has 0 amide bonds.